The molecule has 0 saturated carbocycles. The van der Waals surface area contributed by atoms with Crippen molar-refractivity contribution in [3.8, 4) is 0 Å². The van der Waals surface area contributed by atoms with Gasteiger partial charge in [0.1, 0.15) is 0 Å². The van der Waals surface area contributed by atoms with Crippen LogP contribution in [0.3, 0.4) is 0 Å². The highest BCUT2D eigenvalue weighted by molar-refractivity contribution is 5.82. The topological polar surface area (TPSA) is 29.3 Å². The second-order valence-corrected chi connectivity index (χ2v) is 4.50. The van der Waals surface area contributed by atoms with Crippen molar-refractivity contribution in [2.75, 3.05) is 6.61 Å². The van der Waals surface area contributed by atoms with Gasteiger partial charge in [-0.2, -0.15) is 0 Å². The fraction of sp³-hybridized carbons (Fsp3) is 0.400. The van der Waals surface area contributed by atoms with E-state index in [-0.39, 0.29) is 5.97 Å². The Morgan fingerprint density at radius 3 is 2.78 bits per heavy atom. The molecule has 0 aliphatic carbocycles. The number of benzene rings is 1. The molecule has 3 heteroatoms. The zero-order valence-corrected chi connectivity index (χ0v) is 10.9. The number of carbonyl (C=O) groups excluding carboxylic acids is 1. The fourth-order valence-electron chi connectivity index (χ4n) is 2.12. The number of carbonyl (C=O) groups is 1. The van der Waals surface area contributed by atoms with E-state index in [1.807, 2.05) is 31.2 Å². The van der Waals surface area contributed by atoms with E-state index in [1.54, 1.807) is 0 Å². The third-order valence-electron chi connectivity index (χ3n) is 3.23. The number of hydrogen-bond acceptors (Lipinski definition) is 3. The first-order valence-corrected chi connectivity index (χ1v) is 6.37. The van der Waals surface area contributed by atoms with E-state index in [0.29, 0.717) is 18.7 Å². The van der Waals surface area contributed by atoms with E-state index < -0.39 is 0 Å². The zero-order chi connectivity index (χ0) is 13.0. The molecule has 1 aromatic rings. The van der Waals surface area contributed by atoms with Crippen LogP contribution in [0.15, 0.2) is 42.5 Å². The Kier molecular flexibility index (Phi) is 4.15. The fourth-order valence-corrected chi connectivity index (χ4v) is 2.12. The highest BCUT2D eigenvalue weighted by Crippen LogP contribution is 2.31. The number of rotatable bonds is 5. The predicted octanol–water partition coefficient (Wildman–Crippen LogP) is 2.38. The molecule has 0 N–H and O–H groups in total. The highest BCUT2D eigenvalue weighted by Gasteiger charge is 2.41. The molecule has 18 heavy (non-hydrogen) atoms. The summed E-state index contributed by atoms with van der Waals surface area (Å²) in [5.74, 6) is -0.253. The zero-order valence-electron chi connectivity index (χ0n) is 10.9. The summed E-state index contributed by atoms with van der Waals surface area (Å²) < 4.78 is 4.86. The largest absolute Gasteiger partial charge is 0.463 e. The summed E-state index contributed by atoms with van der Waals surface area (Å²) in [4.78, 5) is 13.6. The van der Waals surface area contributed by atoms with Gasteiger partial charge >= 0.3 is 5.97 Å². The highest BCUT2D eigenvalue weighted by atomic mass is 16.5. The molecule has 1 fully saturated rings. The van der Waals surface area contributed by atoms with Gasteiger partial charge in [-0.05, 0) is 19.4 Å². The summed E-state index contributed by atoms with van der Waals surface area (Å²) in [7, 11) is 0. The molecule has 2 rings (SSSR count). The molecule has 1 unspecified atom stereocenters. The molecule has 1 aliphatic heterocycles. The Morgan fingerprint density at radius 2 is 2.11 bits per heavy atom. The van der Waals surface area contributed by atoms with Crippen molar-refractivity contribution in [1.29, 1.82) is 0 Å². The molecule has 3 nitrogen and oxygen atoms in total. The monoisotopic (exact) mass is 245 g/mol. The van der Waals surface area contributed by atoms with E-state index >= 15 is 0 Å². The Morgan fingerprint density at radius 1 is 1.39 bits per heavy atom. The van der Waals surface area contributed by atoms with Crippen molar-refractivity contribution < 1.29 is 9.53 Å². The molecule has 1 saturated heterocycles. The average Bonchev–Trinajstić information content (AvgIpc) is 2.98. The molecule has 0 spiro atoms. The van der Waals surface area contributed by atoms with Gasteiger partial charge in [0, 0.05) is 24.7 Å². The van der Waals surface area contributed by atoms with Crippen molar-refractivity contribution in [3.05, 3.63) is 48.0 Å². The minimum Gasteiger partial charge on any atom is -0.463 e. The van der Waals surface area contributed by atoms with Gasteiger partial charge in [0.15, 0.2) is 0 Å². The third kappa shape index (κ3) is 3.20. The quantitative estimate of drug-likeness (QED) is 0.453. The van der Waals surface area contributed by atoms with Gasteiger partial charge in [0.25, 0.3) is 0 Å². The van der Waals surface area contributed by atoms with Gasteiger partial charge in [0.05, 0.1) is 6.61 Å². The first-order chi connectivity index (χ1) is 8.72. The van der Waals surface area contributed by atoms with Gasteiger partial charge in [-0.25, -0.2) is 4.79 Å². The van der Waals surface area contributed by atoms with Crippen molar-refractivity contribution in [1.82, 2.24) is 4.90 Å². The number of hydrogen-bond donors (Lipinski definition) is 0. The molecule has 1 heterocycles. The van der Waals surface area contributed by atoms with Gasteiger partial charge < -0.3 is 4.74 Å². The molecule has 1 aromatic carbocycles. The van der Waals surface area contributed by atoms with E-state index in [0.717, 1.165) is 6.54 Å². The Bertz CT molecular complexity index is 427. The van der Waals surface area contributed by atoms with Crippen LogP contribution in [0.2, 0.25) is 0 Å². The second kappa shape index (κ2) is 5.83. The Balaban J connectivity index is 1.85. The first-order valence-electron chi connectivity index (χ1n) is 6.37. The number of ether oxygens (including phenoxy) is 1. The first kappa shape index (κ1) is 12.8. The van der Waals surface area contributed by atoms with Gasteiger partial charge in [0.2, 0.25) is 0 Å². The van der Waals surface area contributed by atoms with Crippen LogP contribution in [0.4, 0.5) is 0 Å². The lowest BCUT2D eigenvalue weighted by molar-refractivity contribution is -0.137. The maximum Gasteiger partial charge on any atom is 0.330 e. The summed E-state index contributed by atoms with van der Waals surface area (Å²) in [6, 6.07) is 11.2. The Labute approximate surface area is 108 Å². The third-order valence-corrected chi connectivity index (χ3v) is 3.23. The normalized spacial score (nSPS) is 26.2. The van der Waals surface area contributed by atoms with E-state index in [9.17, 15) is 4.79 Å². The minimum absolute atomic E-state index is 0.253. The SMILES string of the molecule is CCOC(=O)/C=C/[C@H]1[C@@H](C)N1Cc1ccccc1. The standard InChI is InChI=1S/C15H19NO2/c1-3-18-15(17)10-9-14-12(2)16(14)11-13-7-5-4-6-8-13/h4-10,12,14H,3,11H2,1-2H3/b10-9+/t12-,14+,16?/m1/s1. The van der Waals surface area contributed by atoms with Crippen molar-refractivity contribution in [3.63, 3.8) is 0 Å². The summed E-state index contributed by atoms with van der Waals surface area (Å²) >= 11 is 0. The summed E-state index contributed by atoms with van der Waals surface area (Å²) in [5.41, 5.74) is 1.30. The lowest BCUT2D eigenvalue weighted by Gasteiger charge is -2.02. The number of nitrogens with zero attached hydrogens (tertiary/aromatic N) is 1. The van der Waals surface area contributed by atoms with Gasteiger partial charge in [-0.1, -0.05) is 36.4 Å². The summed E-state index contributed by atoms with van der Waals surface area (Å²) in [5, 5.41) is 0. The molecule has 96 valence electrons. The number of esters is 1. The maximum atomic E-state index is 11.2. The smallest absolute Gasteiger partial charge is 0.330 e. The Hall–Kier alpha value is -1.61. The van der Waals surface area contributed by atoms with Crippen molar-refractivity contribution in [2.24, 2.45) is 0 Å². The molecular weight excluding hydrogens is 226 g/mol. The van der Waals surface area contributed by atoms with Crippen LogP contribution in [0, 0.1) is 0 Å². The molecule has 0 amide bonds. The van der Waals surface area contributed by atoms with E-state index in [1.165, 1.54) is 11.6 Å². The van der Waals surface area contributed by atoms with Crippen molar-refractivity contribution in [2.45, 2.75) is 32.5 Å². The van der Waals surface area contributed by atoms with Crippen LogP contribution in [0.5, 0.6) is 0 Å². The maximum absolute atomic E-state index is 11.2. The van der Waals surface area contributed by atoms with Crippen molar-refractivity contribution >= 4 is 5.97 Å². The van der Waals surface area contributed by atoms with Crippen LogP contribution in [0.25, 0.3) is 0 Å². The predicted molar refractivity (Wildman–Crippen MR) is 71.0 cm³/mol. The lowest BCUT2D eigenvalue weighted by Crippen LogP contribution is -2.02. The van der Waals surface area contributed by atoms with Gasteiger partial charge in [-0.3, -0.25) is 4.90 Å². The van der Waals surface area contributed by atoms with Crippen LogP contribution in [0.1, 0.15) is 19.4 Å². The van der Waals surface area contributed by atoms with Crippen LogP contribution < -0.4 is 0 Å². The van der Waals surface area contributed by atoms with Crippen LogP contribution >= 0.6 is 0 Å². The van der Waals surface area contributed by atoms with E-state index in [4.69, 9.17) is 4.74 Å². The van der Waals surface area contributed by atoms with Crippen LogP contribution in [-0.2, 0) is 16.1 Å². The molecular formula is C15H19NO2. The molecule has 0 radical (unpaired) electrons. The van der Waals surface area contributed by atoms with Crippen LogP contribution in [-0.4, -0.2) is 29.6 Å². The van der Waals surface area contributed by atoms with Gasteiger partial charge in [-0.15, -0.1) is 0 Å². The summed E-state index contributed by atoms with van der Waals surface area (Å²) in [6.07, 6.45) is 3.47. The summed E-state index contributed by atoms with van der Waals surface area (Å²) in [6.45, 7) is 5.34. The molecule has 3 atom stereocenters. The molecule has 0 aromatic heterocycles. The average molecular weight is 245 g/mol. The molecule has 1 aliphatic rings. The van der Waals surface area contributed by atoms with E-state index in [2.05, 4.69) is 24.0 Å². The minimum atomic E-state index is -0.253. The molecule has 0 bridgehead atoms. The lowest BCUT2D eigenvalue weighted by atomic mass is 10.2. The second-order valence-electron chi connectivity index (χ2n) is 4.50.